The Labute approximate surface area is 119 Å². The number of rotatable bonds is 7. The number of aliphatic hydroxyl groups excluding tert-OH is 6. The van der Waals surface area contributed by atoms with Gasteiger partial charge in [0.25, 0.3) is 0 Å². The standard InChI is InChI=1S/C9H19O11P/c10-1-4(2-11)19-21(16,17)20-8-6(13)5(3-12)18-9(15)7(8)14/h4-15H,1-3H2,(H,16,17)/t5-,6+,7-,8+,9-/m1/s1. The van der Waals surface area contributed by atoms with Crippen molar-refractivity contribution in [1.82, 2.24) is 0 Å². The highest BCUT2D eigenvalue weighted by Gasteiger charge is 2.48. The van der Waals surface area contributed by atoms with E-state index in [2.05, 4.69) is 13.8 Å². The van der Waals surface area contributed by atoms with Crippen LogP contribution >= 0.6 is 7.82 Å². The van der Waals surface area contributed by atoms with Gasteiger partial charge >= 0.3 is 7.82 Å². The third-order valence-corrected chi connectivity index (χ3v) is 3.86. The average molecular weight is 334 g/mol. The molecule has 6 atom stereocenters. The van der Waals surface area contributed by atoms with E-state index in [1.54, 1.807) is 0 Å². The highest BCUT2D eigenvalue weighted by atomic mass is 31.2. The van der Waals surface area contributed by atoms with Crippen LogP contribution in [0, 0.1) is 0 Å². The van der Waals surface area contributed by atoms with E-state index in [-0.39, 0.29) is 0 Å². The van der Waals surface area contributed by atoms with Crippen molar-refractivity contribution < 1.29 is 53.9 Å². The summed E-state index contributed by atoms with van der Waals surface area (Å²) in [6.45, 7) is -2.28. The normalized spacial score (nSPS) is 36.7. The summed E-state index contributed by atoms with van der Waals surface area (Å²) in [5.41, 5.74) is 0. The highest BCUT2D eigenvalue weighted by molar-refractivity contribution is 7.47. The molecule has 0 radical (unpaired) electrons. The van der Waals surface area contributed by atoms with E-state index in [1.165, 1.54) is 0 Å². The summed E-state index contributed by atoms with van der Waals surface area (Å²) in [6, 6.07) is 0. The number of phosphoric acid groups is 1. The van der Waals surface area contributed by atoms with E-state index < -0.39 is 64.5 Å². The third kappa shape index (κ3) is 4.91. The van der Waals surface area contributed by atoms with Crippen molar-refractivity contribution in [3.63, 3.8) is 0 Å². The highest BCUT2D eigenvalue weighted by Crippen LogP contribution is 2.47. The first-order chi connectivity index (χ1) is 9.75. The Kier molecular flexibility index (Phi) is 7.10. The zero-order valence-corrected chi connectivity index (χ0v) is 11.7. The molecular formula is C9H19O11P. The fourth-order valence-corrected chi connectivity index (χ4v) is 2.80. The predicted molar refractivity (Wildman–Crippen MR) is 63.7 cm³/mol. The van der Waals surface area contributed by atoms with Crippen molar-refractivity contribution in [2.75, 3.05) is 19.8 Å². The molecule has 21 heavy (non-hydrogen) atoms. The maximum absolute atomic E-state index is 11.7. The van der Waals surface area contributed by atoms with Crippen LogP contribution in [0.1, 0.15) is 0 Å². The van der Waals surface area contributed by atoms with Crippen molar-refractivity contribution in [3.8, 4) is 0 Å². The molecule has 126 valence electrons. The molecule has 12 heteroatoms. The van der Waals surface area contributed by atoms with Crippen molar-refractivity contribution in [1.29, 1.82) is 0 Å². The molecule has 11 nitrogen and oxygen atoms in total. The topological polar surface area (TPSA) is 186 Å². The predicted octanol–water partition coefficient (Wildman–Crippen LogP) is -3.73. The third-order valence-electron chi connectivity index (χ3n) is 2.78. The van der Waals surface area contributed by atoms with E-state index in [9.17, 15) is 24.8 Å². The molecule has 1 fully saturated rings. The molecule has 0 amide bonds. The van der Waals surface area contributed by atoms with Gasteiger partial charge in [0.15, 0.2) is 6.29 Å². The Morgan fingerprint density at radius 3 is 2.14 bits per heavy atom. The number of ether oxygens (including phenoxy) is 1. The number of hydrogen-bond acceptors (Lipinski definition) is 10. The van der Waals surface area contributed by atoms with Crippen LogP contribution in [0.25, 0.3) is 0 Å². The lowest BCUT2D eigenvalue weighted by Crippen LogP contribution is -2.59. The Morgan fingerprint density at radius 2 is 1.67 bits per heavy atom. The summed E-state index contributed by atoms with van der Waals surface area (Å²) in [4.78, 5) is 9.46. The second-order valence-corrected chi connectivity index (χ2v) is 5.72. The minimum absolute atomic E-state index is 0.739. The largest absolute Gasteiger partial charge is 0.473 e. The minimum atomic E-state index is -4.88. The fraction of sp³-hybridized carbons (Fsp3) is 1.00. The number of phosphoric ester groups is 1. The van der Waals surface area contributed by atoms with Gasteiger partial charge in [0.05, 0.1) is 19.8 Å². The second-order valence-electron chi connectivity index (χ2n) is 4.36. The maximum atomic E-state index is 11.7. The number of aliphatic hydroxyl groups is 6. The van der Waals surface area contributed by atoms with E-state index in [0.29, 0.717) is 0 Å². The Hall–Kier alpha value is -0.170. The Balaban J connectivity index is 2.79. The molecule has 1 unspecified atom stereocenters. The van der Waals surface area contributed by atoms with Gasteiger partial charge < -0.3 is 40.3 Å². The zero-order chi connectivity index (χ0) is 16.2. The molecule has 1 saturated heterocycles. The SMILES string of the molecule is O=P(O)(OC(CO)CO)O[C@@H]1[C@@H](O)[C@H](O)O[C@H](CO)[C@@H]1O. The monoisotopic (exact) mass is 334 g/mol. The summed E-state index contributed by atoms with van der Waals surface area (Å²) in [5, 5.41) is 55.2. The second kappa shape index (κ2) is 7.90. The van der Waals surface area contributed by atoms with Crippen molar-refractivity contribution >= 4 is 7.82 Å². The van der Waals surface area contributed by atoms with Gasteiger partial charge in [-0.25, -0.2) is 4.57 Å². The molecule has 0 saturated carbocycles. The summed E-state index contributed by atoms with van der Waals surface area (Å²) >= 11 is 0. The van der Waals surface area contributed by atoms with Gasteiger partial charge in [0.2, 0.25) is 0 Å². The van der Waals surface area contributed by atoms with Gasteiger partial charge in [0, 0.05) is 0 Å². The fourth-order valence-electron chi connectivity index (χ4n) is 1.68. The van der Waals surface area contributed by atoms with Crippen LogP contribution in [-0.4, -0.2) is 92.2 Å². The molecule has 1 aliphatic heterocycles. The first kappa shape index (κ1) is 18.9. The summed E-state index contributed by atoms with van der Waals surface area (Å²) < 4.78 is 25.3. The van der Waals surface area contributed by atoms with E-state index in [1.807, 2.05) is 0 Å². The van der Waals surface area contributed by atoms with Gasteiger partial charge in [-0.05, 0) is 0 Å². The lowest BCUT2D eigenvalue weighted by Gasteiger charge is -2.40. The molecule has 0 bridgehead atoms. The molecule has 0 spiro atoms. The molecule has 0 aromatic rings. The summed E-state index contributed by atoms with van der Waals surface area (Å²) in [7, 11) is -4.88. The van der Waals surface area contributed by atoms with Crippen LogP contribution in [0.4, 0.5) is 0 Å². The van der Waals surface area contributed by atoms with Gasteiger partial charge in [-0.15, -0.1) is 0 Å². The minimum Gasteiger partial charge on any atom is -0.394 e. The summed E-state index contributed by atoms with van der Waals surface area (Å²) in [5.74, 6) is 0. The van der Waals surface area contributed by atoms with E-state index in [0.717, 1.165) is 0 Å². The quantitative estimate of drug-likeness (QED) is 0.227. The molecule has 0 aliphatic carbocycles. The molecular weight excluding hydrogens is 315 g/mol. The smallest absolute Gasteiger partial charge is 0.394 e. The van der Waals surface area contributed by atoms with Crippen LogP contribution < -0.4 is 0 Å². The van der Waals surface area contributed by atoms with Crippen LogP contribution in [0.3, 0.4) is 0 Å². The Morgan fingerprint density at radius 1 is 1.10 bits per heavy atom. The van der Waals surface area contributed by atoms with Gasteiger partial charge in [-0.3, -0.25) is 9.05 Å². The number of hydrogen-bond donors (Lipinski definition) is 7. The lowest BCUT2D eigenvalue weighted by atomic mass is 9.99. The Bertz CT molecular complexity index is 362. The van der Waals surface area contributed by atoms with Crippen LogP contribution in [0.5, 0.6) is 0 Å². The van der Waals surface area contributed by atoms with Crippen LogP contribution in [-0.2, 0) is 18.3 Å². The molecule has 1 rings (SSSR count). The molecule has 1 aliphatic rings. The maximum Gasteiger partial charge on any atom is 0.473 e. The molecule has 1 heterocycles. The first-order valence-electron chi connectivity index (χ1n) is 5.97. The van der Waals surface area contributed by atoms with Crippen LogP contribution in [0.15, 0.2) is 0 Å². The lowest BCUT2D eigenvalue weighted by molar-refractivity contribution is -0.284. The zero-order valence-electron chi connectivity index (χ0n) is 10.8. The summed E-state index contributed by atoms with van der Waals surface area (Å²) in [6.07, 6.45) is -10.0. The van der Waals surface area contributed by atoms with Gasteiger partial charge in [0.1, 0.15) is 30.5 Å². The van der Waals surface area contributed by atoms with Crippen molar-refractivity contribution in [3.05, 3.63) is 0 Å². The first-order valence-corrected chi connectivity index (χ1v) is 7.47. The molecule has 7 N–H and O–H groups in total. The van der Waals surface area contributed by atoms with E-state index in [4.69, 9.17) is 15.3 Å². The van der Waals surface area contributed by atoms with Crippen molar-refractivity contribution in [2.24, 2.45) is 0 Å². The van der Waals surface area contributed by atoms with Gasteiger partial charge in [-0.1, -0.05) is 0 Å². The van der Waals surface area contributed by atoms with Crippen molar-refractivity contribution in [2.45, 2.75) is 36.8 Å². The molecule has 0 aromatic carbocycles. The average Bonchev–Trinajstić information content (AvgIpc) is 2.44. The van der Waals surface area contributed by atoms with Crippen LogP contribution in [0.2, 0.25) is 0 Å². The molecule has 0 aromatic heterocycles. The van der Waals surface area contributed by atoms with Gasteiger partial charge in [-0.2, -0.15) is 0 Å². The van der Waals surface area contributed by atoms with E-state index >= 15 is 0 Å².